The molecule has 108 valence electrons. The molecule has 5 nitrogen and oxygen atoms in total. The van der Waals surface area contributed by atoms with Crippen molar-refractivity contribution in [2.45, 2.75) is 45.7 Å². The zero-order chi connectivity index (χ0) is 13.6. The minimum atomic E-state index is -3.13. The average Bonchev–Trinajstić information content (AvgIpc) is 3.07. The van der Waals surface area contributed by atoms with Gasteiger partial charge in [0, 0.05) is 31.7 Å². The fraction of sp³-hybridized carbons (Fsp3) is 1.00. The van der Waals surface area contributed by atoms with Crippen molar-refractivity contribution in [3.8, 4) is 0 Å². The van der Waals surface area contributed by atoms with Gasteiger partial charge in [0.15, 0.2) is 0 Å². The predicted octanol–water partition coefficient (Wildman–Crippen LogP) is 0.388. The summed E-state index contributed by atoms with van der Waals surface area (Å²) in [6.45, 7) is 8.99. The van der Waals surface area contributed by atoms with Gasteiger partial charge in [-0.15, -0.1) is 0 Å². The van der Waals surface area contributed by atoms with E-state index in [1.54, 1.807) is 0 Å². The van der Waals surface area contributed by atoms with Crippen molar-refractivity contribution in [1.82, 2.24) is 14.9 Å². The standard InChI is InChI=1S/C12H27N3O2S/c1-4-15(12-5-6-12)9-7-14-18(16,17)10-8-13-11(2)3/h11-14H,4-10H2,1-3H3. The van der Waals surface area contributed by atoms with E-state index in [0.29, 0.717) is 25.2 Å². The second-order valence-electron chi connectivity index (χ2n) is 5.18. The summed E-state index contributed by atoms with van der Waals surface area (Å²) in [5.41, 5.74) is 0. The van der Waals surface area contributed by atoms with Crippen LogP contribution in [0, 0.1) is 0 Å². The molecule has 0 amide bonds. The minimum absolute atomic E-state index is 0.154. The van der Waals surface area contributed by atoms with E-state index in [9.17, 15) is 8.42 Å². The highest BCUT2D eigenvalue weighted by Gasteiger charge is 2.27. The molecule has 1 saturated carbocycles. The molecule has 18 heavy (non-hydrogen) atoms. The van der Waals surface area contributed by atoms with Gasteiger partial charge >= 0.3 is 0 Å². The van der Waals surface area contributed by atoms with Gasteiger partial charge in [-0.1, -0.05) is 20.8 Å². The van der Waals surface area contributed by atoms with E-state index in [-0.39, 0.29) is 5.75 Å². The highest BCUT2D eigenvalue weighted by Crippen LogP contribution is 2.25. The van der Waals surface area contributed by atoms with E-state index < -0.39 is 10.0 Å². The molecular formula is C12H27N3O2S. The van der Waals surface area contributed by atoms with Crippen molar-refractivity contribution >= 4 is 10.0 Å². The Bertz CT molecular complexity index is 326. The van der Waals surface area contributed by atoms with Gasteiger partial charge in [0.2, 0.25) is 10.0 Å². The van der Waals surface area contributed by atoms with Crippen molar-refractivity contribution in [3.63, 3.8) is 0 Å². The van der Waals surface area contributed by atoms with E-state index in [4.69, 9.17) is 0 Å². The molecule has 0 aliphatic heterocycles. The third-order valence-electron chi connectivity index (χ3n) is 3.11. The molecule has 0 unspecified atom stereocenters. The second-order valence-corrected chi connectivity index (χ2v) is 7.11. The molecule has 1 aliphatic carbocycles. The Kier molecular flexibility index (Phi) is 6.55. The number of sulfonamides is 1. The Balaban J connectivity index is 2.15. The number of hydrogen-bond acceptors (Lipinski definition) is 4. The van der Waals surface area contributed by atoms with E-state index in [2.05, 4.69) is 21.9 Å². The Hall–Kier alpha value is -0.170. The Morgan fingerprint density at radius 1 is 1.28 bits per heavy atom. The maximum absolute atomic E-state index is 11.7. The lowest BCUT2D eigenvalue weighted by atomic mass is 10.4. The summed E-state index contributed by atoms with van der Waals surface area (Å²) in [6, 6.07) is 1.02. The van der Waals surface area contributed by atoms with Crippen LogP contribution in [0.25, 0.3) is 0 Å². The van der Waals surface area contributed by atoms with Crippen LogP contribution in [-0.4, -0.2) is 57.3 Å². The molecule has 0 spiro atoms. The summed E-state index contributed by atoms with van der Waals surface area (Å²) in [5, 5.41) is 3.11. The SMILES string of the molecule is CCN(CCNS(=O)(=O)CCNC(C)C)C1CC1. The van der Waals surface area contributed by atoms with Crippen LogP contribution in [0.5, 0.6) is 0 Å². The van der Waals surface area contributed by atoms with Gasteiger partial charge in [-0.05, 0) is 19.4 Å². The lowest BCUT2D eigenvalue weighted by molar-refractivity contribution is 0.282. The number of likely N-dealkylation sites (N-methyl/N-ethyl adjacent to an activating group) is 1. The quantitative estimate of drug-likeness (QED) is 0.606. The Morgan fingerprint density at radius 2 is 1.94 bits per heavy atom. The molecule has 1 aliphatic rings. The molecule has 0 aromatic rings. The average molecular weight is 277 g/mol. The van der Waals surface area contributed by atoms with Crippen molar-refractivity contribution < 1.29 is 8.42 Å². The number of hydrogen-bond donors (Lipinski definition) is 2. The van der Waals surface area contributed by atoms with E-state index >= 15 is 0 Å². The topological polar surface area (TPSA) is 61.4 Å². The monoisotopic (exact) mass is 277 g/mol. The van der Waals surface area contributed by atoms with Gasteiger partial charge in [-0.25, -0.2) is 13.1 Å². The summed E-state index contributed by atoms with van der Waals surface area (Å²) in [6.07, 6.45) is 2.53. The maximum atomic E-state index is 11.7. The number of rotatable bonds is 10. The molecule has 2 N–H and O–H groups in total. The van der Waals surface area contributed by atoms with Crippen LogP contribution in [0.1, 0.15) is 33.6 Å². The van der Waals surface area contributed by atoms with Crippen molar-refractivity contribution in [2.24, 2.45) is 0 Å². The van der Waals surface area contributed by atoms with E-state index in [1.807, 2.05) is 13.8 Å². The van der Waals surface area contributed by atoms with E-state index in [1.165, 1.54) is 12.8 Å². The molecule has 0 heterocycles. The molecule has 0 aromatic heterocycles. The highest BCUT2D eigenvalue weighted by molar-refractivity contribution is 7.89. The summed E-state index contributed by atoms with van der Waals surface area (Å²) < 4.78 is 26.1. The van der Waals surface area contributed by atoms with Crippen LogP contribution < -0.4 is 10.0 Å². The lowest BCUT2D eigenvalue weighted by Crippen LogP contribution is -2.39. The predicted molar refractivity (Wildman–Crippen MR) is 75.2 cm³/mol. The van der Waals surface area contributed by atoms with Gasteiger partial charge in [-0.3, -0.25) is 4.90 Å². The zero-order valence-electron chi connectivity index (χ0n) is 11.8. The molecule has 1 fully saturated rings. The normalized spacial score (nSPS) is 16.7. The smallest absolute Gasteiger partial charge is 0.212 e. The first kappa shape index (κ1) is 15.9. The maximum Gasteiger partial charge on any atom is 0.212 e. The first-order valence-corrected chi connectivity index (χ1v) is 8.54. The third kappa shape index (κ3) is 6.68. The van der Waals surface area contributed by atoms with Crippen molar-refractivity contribution in [2.75, 3.05) is 31.9 Å². The van der Waals surface area contributed by atoms with Crippen LogP contribution >= 0.6 is 0 Å². The highest BCUT2D eigenvalue weighted by atomic mass is 32.2. The van der Waals surface area contributed by atoms with Gasteiger partial charge in [0.05, 0.1) is 5.75 Å². The van der Waals surface area contributed by atoms with Gasteiger partial charge < -0.3 is 5.32 Å². The largest absolute Gasteiger partial charge is 0.313 e. The molecule has 0 radical (unpaired) electrons. The number of nitrogens with zero attached hydrogens (tertiary/aromatic N) is 1. The molecule has 1 rings (SSSR count). The van der Waals surface area contributed by atoms with Crippen LogP contribution in [0.15, 0.2) is 0 Å². The minimum Gasteiger partial charge on any atom is -0.313 e. The lowest BCUT2D eigenvalue weighted by Gasteiger charge is -2.19. The molecule has 0 atom stereocenters. The zero-order valence-corrected chi connectivity index (χ0v) is 12.6. The van der Waals surface area contributed by atoms with Gasteiger partial charge in [-0.2, -0.15) is 0 Å². The summed E-state index contributed by atoms with van der Waals surface area (Å²) in [4.78, 5) is 2.34. The summed E-state index contributed by atoms with van der Waals surface area (Å²) in [5.74, 6) is 0.154. The van der Waals surface area contributed by atoms with Crippen LogP contribution in [-0.2, 0) is 10.0 Å². The second kappa shape index (κ2) is 7.43. The first-order chi connectivity index (χ1) is 8.44. The van der Waals surface area contributed by atoms with Crippen LogP contribution in [0.4, 0.5) is 0 Å². The number of nitrogens with one attached hydrogen (secondary N) is 2. The van der Waals surface area contributed by atoms with Crippen molar-refractivity contribution in [3.05, 3.63) is 0 Å². The van der Waals surface area contributed by atoms with Crippen LogP contribution in [0.2, 0.25) is 0 Å². The van der Waals surface area contributed by atoms with Gasteiger partial charge in [0.1, 0.15) is 0 Å². The molecule has 0 aromatic carbocycles. The molecule has 0 bridgehead atoms. The van der Waals surface area contributed by atoms with Crippen molar-refractivity contribution in [1.29, 1.82) is 0 Å². The summed E-state index contributed by atoms with van der Waals surface area (Å²) >= 11 is 0. The molecular weight excluding hydrogens is 250 g/mol. The fourth-order valence-corrected chi connectivity index (χ4v) is 2.87. The third-order valence-corrected chi connectivity index (χ3v) is 4.50. The molecule has 6 heteroatoms. The van der Waals surface area contributed by atoms with Crippen LogP contribution in [0.3, 0.4) is 0 Å². The fourth-order valence-electron chi connectivity index (χ4n) is 1.94. The van der Waals surface area contributed by atoms with E-state index in [0.717, 1.165) is 13.1 Å². The first-order valence-electron chi connectivity index (χ1n) is 6.89. The van der Waals surface area contributed by atoms with Gasteiger partial charge in [0.25, 0.3) is 0 Å². The Labute approximate surface area is 111 Å². The Morgan fingerprint density at radius 3 is 2.44 bits per heavy atom. The molecule has 0 saturated heterocycles. The summed E-state index contributed by atoms with van der Waals surface area (Å²) in [7, 11) is -3.13.